The lowest BCUT2D eigenvalue weighted by Gasteiger charge is -1.97. The number of aromatic nitrogens is 2. The highest BCUT2D eigenvalue weighted by atomic mass is 19.1. The lowest BCUT2D eigenvalue weighted by Crippen LogP contribution is -1.96. The maximum Gasteiger partial charge on any atom is 0.123 e. The third-order valence-electron chi connectivity index (χ3n) is 3.13. The van der Waals surface area contributed by atoms with Gasteiger partial charge in [0.1, 0.15) is 11.6 Å². The molecular weight excluding hydrogens is 241 g/mol. The first-order valence-electron chi connectivity index (χ1n) is 6.17. The molecule has 0 unspecified atom stereocenters. The fraction of sp³-hybridized carbons (Fsp3) is 0.133. The van der Waals surface area contributed by atoms with E-state index in [1.54, 1.807) is 6.07 Å². The second kappa shape index (κ2) is 4.82. The van der Waals surface area contributed by atoms with Crippen LogP contribution >= 0.6 is 0 Å². The number of H-pyrrole nitrogens is 1. The van der Waals surface area contributed by atoms with E-state index < -0.39 is 0 Å². The summed E-state index contributed by atoms with van der Waals surface area (Å²) in [6.45, 7) is 0.460. The number of para-hydroxylation sites is 1. The zero-order valence-corrected chi connectivity index (χ0v) is 10.4. The van der Waals surface area contributed by atoms with Crippen LogP contribution in [-0.4, -0.2) is 9.97 Å². The van der Waals surface area contributed by atoms with Gasteiger partial charge in [0.2, 0.25) is 0 Å². The molecule has 19 heavy (non-hydrogen) atoms. The predicted octanol–water partition coefficient (Wildman–Crippen LogP) is 2.75. The van der Waals surface area contributed by atoms with Crippen LogP contribution in [0, 0.1) is 5.82 Å². The maximum atomic E-state index is 13.1. The van der Waals surface area contributed by atoms with Gasteiger partial charge in [0, 0.05) is 13.0 Å². The van der Waals surface area contributed by atoms with E-state index in [2.05, 4.69) is 9.97 Å². The van der Waals surface area contributed by atoms with E-state index in [-0.39, 0.29) is 5.82 Å². The van der Waals surface area contributed by atoms with Gasteiger partial charge in [-0.05, 0) is 29.3 Å². The van der Waals surface area contributed by atoms with Crippen molar-refractivity contribution in [1.29, 1.82) is 0 Å². The number of fused-ring (bicyclic) bond motifs is 1. The average molecular weight is 255 g/mol. The summed E-state index contributed by atoms with van der Waals surface area (Å²) in [6.07, 6.45) is 0.580. The van der Waals surface area contributed by atoms with Crippen LogP contribution in [-0.2, 0) is 13.0 Å². The molecule has 0 aliphatic heterocycles. The molecule has 0 atom stereocenters. The monoisotopic (exact) mass is 255 g/mol. The van der Waals surface area contributed by atoms with E-state index in [1.807, 2.05) is 24.3 Å². The van der Waals surface area contributed by atoms with Crippen LogP contribution in [0.25, 0.3) is 11.0 Å². The molecule has 3 nitrogen and oxygen atoms in total. The number of imidazole rings is 1. The van der Waals surface area contributed by atoms with Crippen LogP contribution in [0.2, 0.25) is 0 Å². The Morgan fingerprint density at radius 1 is 1.16 bits per heavy atom. The van der Waals surface area contributed by atoms with Crippen molar-refractivity contribution in [3.8, 4) is 0 Å². The molecular formula is C15H14FN3. The first-order valence-corrected chi connectivity index (χ1v) is 6.17. The highest BCUT2D eigenvalue weighted by molar-refractivity contribution is 5.78. The zero-order valence-electron chi connectivity index (χ0n) is 10.4. The number of nitrogens with zero attached hydrogens (tertiary/aromatic N) is 1. The number of rotatable bonds is 3. The summed E-state index contributed by atoms with van der Waals surface area (Å²) in [7, 11) is 0. The number of nitrogens with two attached hydrogens (primary N) is 1. The number of nitrogens with one attached hydrogen (secondary N) is 1. The molecule has 3 rings (SSSR count). The minimum atomic E-state index is -0.226. The SMILES string of the molecule is NCc1cccc2[nH]c(Cc3cccc(F)c3)nc12. The molecule has 0 saturated heterocycles. The summed E-state index contributed by atoms with van der Waals surface area (Å²) in [5.41, 5.74) is 9.47. The van der Waals surface area contributed by atoms with Crippen LogP contribution in [0.1, 0.15) is 17.0 Å². The highest BCUT2D eigenvalue weighted by Crippen LogP contribution is 2.18. The first-order chi connectivity index (χ1) is 9.26. The molecule has 2 aromatic carbocycles. The quantitative estimate of drug-likeness (QED) is 0.756. The summed E-state index contributed by atoms with van der Waals surface area (Å²) in [4.78, 5) is 7.80. The minimum Gasteiger partial charge on any atom is -0.342 e. The van der Waals surface area contributed by atoms with Crippen molar-refractivity contribution in [2.75, 3.05) is 0 Å². The number of hydrogen-bond acceptors (Lipinski definition) is 2. The second-order valence-corrected chi connectivity index (χ2v) is 4.51. The third-order valence-corrected chi connectivity index (χ3v) is 3.13. The molecule has 0 amide bonds. The Bertz CT molecular complexity index is 718. The summed E-state index contributed by atoms with van der Waals surface area (Å²) in [6, 6.07) is 12.4. The van der Waals surface area contributed by atoms with Gasteiger partial charge in [-0.15, -0.1) is 0 Å². The molecule has 0 spiro atoms. The molecule has 0 aliphatic carbocycles. The van der Waals surface area contributed by atoms with Gasteiger partial charge in [-0.3, -0.25) is 0 Å². The summed E-state index contributed by atoms with van der Waals surface area (Å²) in [5.74, 6) is 0.595. The largest absolute Gasteiger partial charge is 0.342 e. The molecule has 3 N–H and O–H groups in total. The Balaban J connectivity index is 1.98. The number of halogens is 1. The summed E-state index contributed by atoms with van der Waals surface area (Å²) < 4.78 is 13.1. The summed E-state index contributed by atoms with van der Waals surface area (Å²) in [5, 5.41) is 0. The van der Waals surface area contributed by atoms with E-state index in [0.717, 1.165) is 28.0 Å². The molecule has 1 heterocycles. The van der Waals surface area contributed by atoms with Crippen molar-refractivity contribution in [1.82, 2.24) is 9.97 Å². The van der Waals surface area contributed by atoms with E-state index in [9.17, 15) is 4.39 Å². The van der Waals surface area contributed by atoms with Gasteiger partial charge in [0.05, 0.1) is 11.0 Å². The lowest BCUT2D eigenvalue weighted by molar-refractivity contribution is 0.626. The smallest absolute Gasteiger partial charge is 0.123 e. The van der Waals surface area contributed by atoms with Crippen molar-refractivity contribution in [3.05, 3.63) is 65.2 Å². The Kier molecular flexibility index (Phi) is 3.01. The Morgan fingerprint density at radius 2 is 2.00 bits per heavy atom. The third kappa shape index (κ3) is 2.35. The number of hydrogen-bond donors (Lipinski definition) is 2. The number of aromatic amines is 1. The molecule has 0 aliphatic rings. The van der Waals surface area contributed by atoms with Crippen molar-refractivity contribution < 1.29 is 4.39 Å². The minimum absolute atomic E-state index is 0.226. The van der Waals surface area contributed by atoms with Gasteiger partial charge in [-0.25, -0.2) is 9.37 Å². The molecule has 3 aromatic rings. The zero-order chi connectivity index (χ0) is 13.2. The van der Waals surface area contributed by atoms with E-state index in [1.165, 1.54) is 12.1 Å². The van der Waals surface area contributed by atoms with Crippen molar-refractivity contribution in [3.63, 3.8) is 0 Å². The highest BCUT2D eigenvalue weighted by Gasteiger charge is 2.07. The van der Waals surface area contributed by atoms with Crippen LogP contribution in [0.5, 0.6) is 0 Å². The van der Waals surface area contributed by atoms with Crippen molar-refractivity contribution in [2.24, 2.45) is 5.73 Å². The first kappa shape index (κ1) is 11.9. The van der Waals surface area contributed by atoms with Gasteiger partial charge < -0.3 is 10.7 Å². The fourth-order valence-electron chi connectivity index (χ4n) is 2.23. The van der Waals surface area contributed by atoms with Crippen LogP contribution < -0.4 is 5.73 Å². The molecule has 0 radical (unpaired) electrons. The lowest BCUT2D eigenvalue weighted by atomic mass is 10.1. The van der Waals surface area contributed by atoms with Gasteiger partial charge in [-0.2, -0.15) is 0 Å². The molecule has 96 valence electrons. The van der Waals surface area contributed by atoms with Gasteiger partial charge in [0.15, 0.2) is 0 Å². The number of benzene rings is 2. The maximum absolute atomic E-state index is 13.1. The predicted molar refractivity (Wildman–Crippen MR) is 73.2 cm³/mol. The molecule has 4 heteroatoms. The molecule has 1 aromatic heterocycles. The van der Waals surface area contributed by atoms with E-state index in [4.69, 9.17) is 5.73 Å². The van der Waals surface area contributed by atoms with Gasteiger partial charge >= 0.3 is 0 Å². The second-order valence-electron chi connectivity index (χ2n) is 4.51. The van der Waals surface area contributed by atoms with E-state index in [0.29, 0.717) is 13.0 Å². The van der Waals surface area contributed by atoms with Crippen LogP contribution in [0.3, 0.4) is 0 Å². The van der Waals surface area contributed by atoms with Crippen LogP contribution in [0.4, 0.5) is 4.39 Å². The fourth-order valence-corrected chi connectivity index (χ4v) is 2.23. The van der Waals surface area contributed by atoms with E-state index >= 15 is 0 Å². The van der Waals surface area contributed by atoms with Gasteiger partial charge in [-0.1, -0.05) is 24.3 Å². The Hall–Kier alpha value is -2.20. The van der Waals surface area contributed by atoms with Crippen molar-refractivity contribution >= 4 is 11.0 Å². The summed E-state index contributed by atoms with van der Waals surface area (Å²) >= 11 is 0. The Morgan fingerprint density at radius 3 is 2.79 bits per heavy atom. The topological polar surface area (TPSA) is 54.7 Å². The Labute approximate surface area is 110 Å². The van der Waals surface area contributed by atoms with Gasteiger partial charge in [0.25, 0.3) is 0 Å². The molecule has 0 fully saturated rings. The molecule has 0 bridgehead atoms. The average Bonchev–Trinajstić information content (AvgIpc) is 2.80. The standard InChI is InChI=1S/C15H14FN3/c16-12-5-1-3-10(7-12)8-14-18-13-6-2-4-11(9-17)15(13)19-14/h1-7H,8-9,17H2,(H,18,19). The van der Waals surface area contributed by atoms with Crippen LogP contribution in [0.15, 0.2) is 42.5 Å². The van der Waals surface area contributed by atoms with Crippen molar-refractivity contribution in [2.45, 2.75) is 13.0 Å². The molecule has 0 saturated carbocycles. The normalized spacial score (nSPS) is 11.1.